The summed E-state index contributed by atoms with van der Waals surface area (Å²) < 4.78 is 13.6. The Morgan fingerprint density at radius 1 is 1.16 bits per heavy atom. The minimum atomic E-state index is -1.03. The van der Waals surface area contributed by atoms with Gasteiger partial charge in [0.1, 0.15) is 17.3 Å². The molecule has 0 aliphatic carbocycles. The molecule has 8 nitrogen and oxygen atoms in total. The zero-order valence-electron chi connectivity index (χ0n) is 21.8. The van der Waals surface area contributed by atoms with E-state index in [1.165, 1.54) is 17.1 Å². The molecule has 3 amide bonds. The normalized spacial score (nSPS) is 20.0. The molecule has 2 atom stereocenters. The van der Waals surface area contributed by atoms with Crippen LogP contribution in [-0.2, 0) is 27.2 Å². The Morgan fingerprint density at radius 3 is 2.63 bits per heavy atom. The van der Waals surface area contributed by atoms with E-state index in [1.54, 1.807) is 37.9 Å². The number of carbonyl (C=O) groups is 3. The largest absolute Gasteiger partial charge is 0.361 e. The third kappa shape index (κ3) is 4.68. The number of hydrazone groups is 1. The van der Waals surface area contributed by atoms with Gasteiger partial charge < -0.3 is 15.2 Å². The van der Waals surface area contributed by atoms with Crippen molar-refractivity contribution in [2.75, 3.05) is 20.1 Å². The number of piperidine rings is 1. The number of fused-ring (bicyclic) bond motifs is 2. The third-order valence-corrected chi connectivity index (χ3v) is 7.49. The average Bonchev–Trinajstić information content (AvgIpc) is 3.42. The van der Waals surface area contributed by atoms with Crippen LogP contribution in [0.5, 0.6) is 0 Å². The van der Waals surface area contributed by atoms with E-state index in [-0.39, 0.29) is 30.1 Å². The van der Waals surface area contributed by atoms with Crippen LogP contribution in [0.25, 0.3) is 10.9 Å². The van der Waals surface area contributed by atoms with Crippen LogP contribution in [0.3, 0.4) is 0 Å². The maximum absolute atomic E-state index is 14.0. The average molecular weight is 517 g/mol. The van der Waals surface area contributed by atoms with Gasteiger partial charge in [0.2, 0.25) is 11.8 Å². The van der Waals surface area contributed by atoms with Gasteiger partial charge in [-0.05, 0) is 35.7 Å². The van der Waals surface area contributed by atoms with Gasteiger partial charge in [-0.2, -0.15) is 5.10 Å². The van der Waals surface area contributed by atoms with Crippen LogP contribution >= 0.6 is 0 Å². The highest BCUT2D eigenvalue weighted by molar-refractivity contribution is 6.13. The molecule has 1 aromatic heterocycles. The van der Waals surface area contributed by atoms with Crippen LogP contribution < -0.4 is 5.32 Å². The SMILES string of the molecule is C[C](C)C(=O)N[C@H](Cc1c[nH]c2ccccc12)C(=O)N1CCC2=NN(C)C(=O)[C@]2(Cc2ccc(F)cc2)C1. The highest BCUT2D eigenvalue weighted by atomic mass is 19.1. The molecule has 2 N–H and O–H groups in total. The lowest BCUT2D eigenvalue weighted by Crippen LogP contribution is -2.59. The number of hydrogen-bond acceptors (Lipinski definition) is 4. The number of halogens is 1. The number of para-hydroxylation sites is 1. The molecule has 2 aliphatic rings. The first-order chi connectivity index (χ1) is 18.2. The third-order valence-electron chi connectivity index (χ3n) is 7.49. The molecular formula is C29H31FN5O3. The summed E-state index contributed by atoms with van der Waals surface area (Å²) >= 11 is 0. The zero-order valence-corrected chi connectivity index (χ0v) is 21.8. The van der Waals surface area contributed by atoms with Gasteiger partial charge in [-0.25, -0.2) is 9.40 Å². The number of H-pyrrole nitrogens is 1. The van der Waals surface area contributed by atoms with Crippen LogP contribution in [-0.4, -0.2) is 64.5 Å². The molecule has 1 radical (unpaired) electrons. The second-order valence-corrected chi connectivity index (χ2v) is 10.4. The van der Waals surface area contributed by atoms with Crippen molar-refractivity contribution in [1.29, 1.82) is 0 Å². The Balaban J connectivity index is 1.44. The van der Waals surface area contributed by atoms with Crippen LogP contribution in [0.2, 0.25) is 0 Å². The lowest BCUT2D eigenvalue weighted by atomic mass is 9.73. The van der Waals surface area contributed by atoms with Gasteiger partial charge in [-0.1, -0.05) is 44.2 Å². The Bertz CT molecular complexity index is 1410. The summed E-state index contributed by atoms with van der Waals surface area (Å²) in [5.74, 6) is -0.529. The number of aromatic amines is 1. The van der Waals surface area contributed by atoms with Gasteiger partial charge in [-0.3, -0.25) is 14.4 Å². The van der Waals surface area contributed by atoms with E-state index in [4.69, 9.17) is 0 Å². The van der Waals surface area contributed by atoms with E-state index in [0.717, 1.165) is 27.7 Å². The number of carbonyl (C=O) groups excluding carboxylic acids is 3. The number of likely N-dealkylation sites (tertiary alicyclic amines) is 1. The van der Waals surface area contributed by atoms with Gasteiger partial charge in [0.25, 0.3) is 5.91 Å². The fourth-order valence-corrected chi connectivity index (χ4v) is 5.47. The Hall–Kier alpha value is -4.01. The molecule has 2 aromatic carbocycles. The highest BCUT2D eigenvalue weighted by Gasteiger charge is 2.53. The van der Waals surface area contributed by atoms with Gasteiger partial charge in [0.05, 0.1) is 11.6 Å². The van der Waals surface area contributed by atoms with Crippen molar-refractivity contribution in [3.63, 3.8) is 0 Å². The van der Waals surface area contributed by atoms with E-state index in [9.17, 15) is 18.8 Å². The predicted molar refractivity (Wildman–Crippen MR) is 142 cm³/mol. The molecule has 38 heavy (non-hydrogen) atoms. The maximum atomic E-state index is 14.0. The van der Waals surface area contributed by atoms with Gasteiger partial charge in [-0.15, -0.1) is 0 Å². The van der Waals surface area contributed by atoms with E-state index in [0.29, 0.717) is 31.7 Å². The zero-order chi connectivity index (χ0) is 27.0. The second kappa shape index (κ2) is 10.0. The topological polar surface area (TPSA) is 97.9 Å². The lowest BCUT2D eigenvalue weighted by molar-refractivity contribution is -0.141. The monoisotopic (exact) mass is 516 g/mol. The molecule has 9 heteroatoms. The first-order valence-corrected chi connectivity index (χ1v) is 12.7. The van der Waals surface area contributed by atoms with Crippen molar-refractivity contribution in [3.05, 3.63) is 77.6 Å². The number of nitrogens with zero attached hydrogens (tertiary/aromatic N) is 3. The minimum absolute atomic E-state index is 0.139. The molecule has 0 spiro atoms. The summed E-state index contributed by atoms with van der Waals surface area (Å²) in [6.07, 6.45) is 2.92. The molecule has 0 unspecified atom stereocenters. The number of hydrogen-bond donors (Lipinski definition) is 2. The van der Waals surface area contributed by atoms with Gasteiger partial charge in [0, 0.05) is 50.1 Å². The molecule has 1 fully saturated rings. The molecule has 2 aliphatic heterocycles. The van der Waals surface area contributed by atoms with Crippen molar-refractivity contribution in [3.8, 4) is 0 Å². The van der Waals surface area contributed by atoms with Crippen LogP contribution in [0.1, 0.15) is 31.4 Å². The minimum Gasteiger partial charge on any atom is -0.361 e. The Morgan fingerprint density at radius 2 is 1.89 bits per heavy atom. The molecule has 1 saturated heterocycles. The Labute approximate surface area is 220 Å². The van der Waals surface area contributed by atoms with Crippen LogP contribution in [0.4, 0.5) is 4.39 Å². The summed E-state index contributed by atoms with van der Waals surface area (Å²) in [4.78, 5) is 45.1. The lowest BCUT2D eigenvalue weighted by Gasteiger charge is -2.40. The van der Waals surface area contributed by atoms with Crippen molar-refractivity contribution in [1.82, 2.24) is 20.2 Å². The predicted octanol–water partition coefficient (Wildman–Crippen LogP) is 3.24. The van der Waals surface area contributed by atoms with Crippen molar-refractivity contribution < 1.29 is 18.8 Å². The summed E-state index contributed by atoms with van der Waals surface area (Å²) in [6, 6.07) is 13.1. The van der Waals surface area contributed by atoms with Gasteiger partial charge in [0.15, 0.2) is 0 Å². The number of nitrogens with one attached hydrogen (secondary N) is 2. The quantitative estimate of drug-likeness (QED) is 0.505. The highest BCUT2D eigenvalue weighted by Crippen LogP contribution is 2.38. The summed E-state index contributed by atoms with van der Waals surface area (Å²) in [5, 5.41) is 9.74. The Kier molecular flexibility index (Phi) is 6.77. The first kappa shape index (κ1) is 25.6. The van der Waals surface area contributed by atoms with Crippen molar-refractivity contribution in [2.24, 2.45) is 10.5 Å². The van der Waals surface area contributed by atoms with Gasteiger partial charge >= 0.3 is 0 Å². The fourth-order valence-electron chi connectivity index (χ4n) is 5.47. The standard InChI is InChI=1S/C29H31FN5O3/c1-18(2)26(36)32-24(14-20-16-31-23-7-5-4-6-22(20)23)27(37)35-13-12-25-29(17-35,28(38)34(3)33-25)15-19-8-10-21(30)11-9-19/h4-11,16,24,31H,12-15,17H2,1-3H3,(H,32,36)/t24-,29-/m1/s1. The smallest absolute Gasteiger partial charge is 0.256 e. The molecule has 3 heterocycles. The van der Waals surface area contributed by atoms with Crippen LogP contribution in [0, 0.1) is 17.2 Å². The number of amides is 3. The summed E-state index contributed by atoms with van der Waals surface area (Å²) in [5.41, 5.74) is 2.37. The number of rotatable bonds is 7. The van der Waals surface area contributed by atoms with E-state index in [1.807, 2.05) is 30.5 Å². The molecule has 3 aromatic rings. The number of aromatic nitrogens is 1. The second-order valence-electron chi connectivity index (χ2n) is 10.4. The van der Waals surface area contributed by atoms with Crippen molar-refractivity contribution >= 4 is 34.3 Å². The molecule has 0 saturated carbocycles. The fraction of sp³-hybridized carbons (Fsp3) is 0.345. The molecular weight excluding hydrogens is 485 g/mol. The summed E-state index contributed by atoms with van der Waals surface area (Å²) in [6.45, 7) is 3.94. The van der Waals surface area contributed by atoms with E-state index in [2.05, 4.69) is 15.4 Å². The van der Waals surface area contributed by atoms with E-state index < -0.39 is 11.5 Å². The molecule has 5 rings (SSSR count). The maximum Gasteiger partial charge on any atom is 0.256 e. The molecule has 0 bridgehead atoms. The van der Waals surface area contributed by atoms with Crippen molar-refractivity contribution in [2.45, 2.75) is 39.2 Å². The number of benzene rings is 2. The van der Waals surface area contributed by atoms with E-state index >= 15 is 0 Å². The molecule has 197 valence electrons. The summed E-state index contributed by atoms with van der Waals surface area (Å²) in [7, 11) is 1.62. The first-order valence-electron chi connectivity index (χ1n) is 12.7. The van der Waals surface area contributed by atoms with Crippen LogP contribution in [0.15, 0.2) is 59.8 Å².